The minimum atomic E-state index is -5.38. The fraction of sp³-hybridized carbons (Fsp3) is 0.0571. The zero-order valence-electron chi connectivity index (χ0n) is 38.1. The maximum Gasteiger partial charge on any atom is 1.00 e. The molecule has 0 fully saturated rings. The van der Waals surface area contributed by atoms with E-state index in [4.69, 9.17) is 23.2 Å². The molecule has 6 aromatic rings. The number of nitrogens with zero attached hydrogens (tertiary/aromatic N) is 10. The maximum atomic E-state index is 13.9. The van der Waals surface area contributed by atoms with Crippen molar-refractivity contribution in [3.63, 3.8) is 0 Å². The van der Waals surface area contributed by atoms with E-state index in [2.05, 4.69) is 66.5 Å². The molecule has 0 bridgehead atoms. The Morgan fingerprint density at radius 1 is 0.635 bits per heavy atom. The smallest absolute Gasteiger partial charge is 0.744 e. The van der Waals surface area contributed by atoms with E-state index in [1.165, 1.54) is 31.2 Å². The molecule has 1 amide bonds. The summed E-state index contributed by atoms with van der Waals surface area (Å²) in [6.07, 6.45) is 0. The van der Waals surface area contributed by atoms with Crippen LogP contribution in [-0.2, 0) is 50.1 Å². The second-order valence-electron chi connectivity index (χ2n) is 13.7. The van der Waals surface area contributed by atoms with Gasteiger partial charge in [-0.05, 0) is 102 Å². The number of carboxylic acid groups (broad SMARTS) is 1. The number of carbonyl (C=O) groups is 2. The van der Waals surface area contributed by atoms with Crippen molar-refractivity contribution in [3.05, 3.63) is 95.0 Å². The Labute approximate surface area is 516 Å². The van der Waals surface area contributed by atoms with Gasteiger partial charge in [0.15, 0.2) is 6.04 Å². The van der Waals surface area contributed by atoms with E-state index < -0.39 is 112 Å². The molecule has 1 atom stereocenters. The van der Waals surface area contributed by atoms with Gasteiger partial charge in [0.1, 0.15) is 46.6 Å². The van der Waals surface area contributed by atoms with Gasteiger partial charge in [-0.2, -0.15) is 58.7 Å². The molecule has 7 rings (SSSR count). The number of hydrazone groups is 1. The van der Waals surface area contributed by atoms with E-state index in [0.29, 0.717) is 11.1 Å². The summed E-state index contributed by atoms with van der Waals surface area (Å²) in [4.78, 5) is 46.6. The Morgan fingerprint density at radius 3 is 1.51 bits per heavy atom. The zero-order chi connectivity index (χ0) is 51.1. The van der Waals surface area contributed by atoms with Gasteiger partial charge in [-0.3, -0.25) is 9.35 Å². The Balaban J connectivity index is 0.00000361. The number of hydrogen-bond donors (Lipinski definition) is 5. The van der Waals surface area contributed by atoms with Crippen LogP contribution in [0.25, 0.3) is 0 Å². The van der Waals surface area contributed by atoms with Crippen LogP contribution in [0.4, 0.5) is 57.9 Å². The summed E-state index contributed by atoms with van der Waals surface area (Å²) in [6.45, 7) is 1.26. The molecule has 0 saturated carbocycles. The molecule has 4 aromatic carbocycles. The van der Waals surface area contributed by atoms with Gasteiger partial charge in [-0.15, -0.1) is 0 Å². The summed E-state index contributed by atoms with van der Waals surface area (Å²) in [6, 6.07) is 11.3. The average Bonchev–Trinajstić information content (AvgIpc) is 3.57. The molecule has 1 unspecified atom stereocenters. The summed E-state index contributed by atoms with van der Waals surface area (Å²) in [7, 11) is -20.3. The number of carboxylic acids is 1. The molecule has 2 aromatic heterocycles. The summed E-state index contributed by atoms with van der Waals surface area (Å²) >= 11 is 12.1. The quantitative estimate of drug-likeness (QED) is 0.0341. The number of anilines is 9. The Kier molecular flexibility index (Phi) is 22.6. The number of azo groups is 1. The third-order valence-electron chi connectivity index (χ3n) is 8.98. The first kappa shape index (κ1) is 64.8. The van der Waals surface area contributed by atoms with Crippen LogP contribution >= 0.6 is 23.2 Å². The molecular weight excluding hydrogens is 1150 g/mol. The summed E-state index contributed by atoms with van der Waals surface area (Å²) in [5.41, 5.74) is -2.92. The molecule has 364 valence electrons. The van der Waals surface area contributed by atoms with Crippen LogP contribution in [0.1, 0.15) is 5.56 Å². The van der Waals surface area contributed by atoms with Gasteiger partial charge >= 0.3 is 118 Å². The van der Waals surface area contributed by atoms with E-state index in [1.54, 1.807) is 0 Å². The fourth-order valence-corrected chi connectivity index (χ4v) is 8.45. The monoisotopic (exact) mass is 1170 g/mol. The largest absolute Gasteiger partial charge is 1.00 e. The summed E-state index contributed by atoms with van der Waals surface area (Å²) < 4.78 is 141. The SMILES string of the molecule is Cc1c(Nc2nc(Cl)nc(Nc3cccc(S(=O)(=O)[O-])c3)n2)cc(S(=O)(=O)[O-])cc1N1N=C(C(=O)[O-])C(N=Nc2ccc(Nc3nc(Cl)nc(Nc4cccc(S(=O)(=O)[O-])c4)n3)cc2S(=O)(=O)O)C1=O.[Na+].[Na+].[Na+].[Na+]. The molecule has 3 heterocycles. The second kappa shape index (κ2) is 25.8. The predicted octanol–water partition coefficient (Wildman–Crippen LogP) is -9.77. The van der Waals surface area contributed by atoms with Crippen LogP contribution < -0.4 is 150 Å². The Morgan fingerprint density at radius 2 is 1.08 bits per heavy atom. The first-order valence-electron chi connectivity index (χ1n) is 18.4. The Hall–Kier alpha value is -3.47. The van der Waals surface area contributed by atoms with Crippen molar-refractivity contribution in [1.29, 1.82) is 0 Å². The number of nitrogens with one attached hydrogen (secondary N) is 4. The number of aromatic nitrogens is 6. The van der Waals surface area contributed by atoms with Gasteiger partial charge in [0, 0.05) is 22.7 Å². The maximum absolute atomic E-state index is 13.9. The van der Waals surface area contributed by atoms with Gasteiger partial charge in [-0.1, -0.05) is 12.1 Å². The standard InChI is InChI=1S/C35H26Cl2N14O15S4.4Na/c1-15-23(41-35-45-31(37)44-33(47-35)39-17-5-3-7-20(11-17)68(58,59)60)13-21(69(61,62)63)14-24(15)51-28(52)26(27(50-51)29(53)54)49-48-22-9-8-18(12-25(22)70(64,65)66)40-34-43-30(36)42-32(46-34)38-16-4-2-6-19(10-16)67(55,56)57;;;;/h2-14,26H,1H3,(H,53,54)(H,55,56,57)(H,58,59,60)(H,61,62,63)(H,64,65,66)(H2,38,40,42,43,46)(H2,39,41,44,45,47);;;;/q;4*+1/p-4. The molecule has 5 N–H and O–H groups in total. The molecule has 29 nitrogen and oxygen atoms in total. The van der Waals surface area contributed by atoms with E-state index in [-0.39, 0.29) is 164 Å². The third-order valence-corrected chi connectivity index (χ3v) is 12.7. The van der Waals surface area contributed by atoms with Gasteiger partial charge in [0.05, 0.1) is 26.3 Å². The van der Waals surface area contributed by atoms with Gasteiger partial charge in [-0.25, -0.2) is 25.3 Å². The van der Waals surface area contributed by atoms with E-state index >= 15 is 0 Å². The van der Waals surface area contributed by atoms with Gasteiger partial charge < -0.3 is 44.8 Å². The van der Waals surface area contributed by atoms with Crippen molar-refractivity contribution in [1.82, 2.24) is 29.9 Å². The number of benzene rings is 4. The van der Waals surface area contributed by atoms with Crippen molar-refractivity contribution < 1.29 is 185 Å². The Bertz CT molecular complexity index is 3730. The average molecular weight is 1170 g/mol. The predicted molar refractivity (Wildman–Crippen MR) is 235 cm³/mol. The number of halogens is 2. The van der Waals surface area contributed by atoms with Gasteiger partial charge in [0.25, 0.3) is 16.0 Å². The van der Waals surface area contributed by atoms with Crippen LogP contribution in [0.15, 0.2) is 114 Å². The van der Waals surface area contributed by atoms with Crippen molar-refractivity contribution in [3.8, 4) is 0 Å². The normalized spacial score (nSPS) is 13.6. The van der Waals surface area contributed by atoms with Crippen LogP contribution in [0.2, 0.25) is 10.6 Å². The van der Waals surface area contributed by atoms with Crippen LogP contribution in [0.5, 0.6) is 0 Å². The van der Waals surface area contributed by atoms with E-state index in [0.717, 1.165) is 48.5 Å². The molecule has 74 heavy (non-hydrogen) atoms. The summed E-state index contributed by atoms with van der Waals surface area (Å²) in [5.74, 6) is -4.89. The van der Waals surface area contributed by atoms with Crippen molar-refractivity contribution in [2.45, 2.75) is 32.5 Å². The molecule has 1 aliphatic rings. The van der Waals surface area contributed by atoms with Crippen molar-refractivity contribution in [2.75, 3.05) is 26.3 Å². The summed E-state index contributed by atoms with van der Waals surface area (Å²) in [5, 5.41) is 33.2. The molecule has 0 saturated heterocycles. The second-order valence-corrected chi connectivity index (χ2v) is 19.9. The van der Waals surface area contributed by atoms with Crippen LogP contribution in [0, 0.1) is 6.92 Å². The molecular formula is C35H22Cl2N14Na4O15S4. The minimum Gasteiger partial charge on any atom is -0.744 e. The molecule has 0 spiro atoms. The van der Waals surface area contributed by atoms with E-state index in [9.17, 15) is 66.6 Å². The van der Waals surface area contributed by atoms with E-state index in [1.807, 2.05) is 0 Å². The zero-order valence-corrected chi connectivity index (χ0v) is 50.9. The molecule has 0 radical (unpaired) electrons. The number of rotatable bonds is 16. The molecule has 1 aliphatic heterocycles. The van der Waals surface area contributed by atoms with Gasteiger partial charge in [0.2, 0.25) is 34.4 Å². The van der Waals surface area contributed by atoms with Crippen LogP contribution in [0.3, 0.4) is 0 Å². The first-order chi connectivity index (χ1) is 32.6. The number of carbonyl (C=O) groups excluding carboxylic acids is 2. The minimum absolute atomic E-state index is 0. The number of amides is 1. The first-order valence-corrected chi connectivity index (χ1v) is 24.8. The third kappa shape index (κ3) is 16.3. The van der Waals surface area contributed by atoms with Crippen LogP contribution in [-0.4, -0.2) is 105 Å². The number of aliphatic carboxylic acids is 1. The fourth-order valence-electron chi connectivity index (χ4n) is 5.93. The molecule has 0 aliphatic carbocycles. The van der Waals surface area contributed by atoms with Crippen molar-refractivity contribution in [2.24, 2.45) is 15.3 Å². The molecule has 39 heteroatoms. The number of hydrogen-bond acceptors (Lipinski definition) is 27. The topological polar surface area (TPSA) is 449 Å². The van der Waals surface area contributed by atoms with Crippen molar-refractivity contribution >= 4 is 139 Å².